The molecule has 4 aliphatic rings. The van der Waals surface area contributed by atoms with Crippen LogP contribution in [0.2, 0.25) is 0 Å². The van der Waals surface area contributed by atoms with Gasteiger partial charge in [-0.3, -0.25) is 9.59 Å². The van der Waals surface area contributed by atoms with Crippen molar-refractivity contribution in [1.82, 2.24) is 0 Å². The second-order valence-electron chi connectivity index (χ2n) is 10.5. The number of esters is 1. The van der Waals surface area contributed by atoms with E-state index in [0.717, 1.165) is 48.4 Å². The third kappa shape index (κ3) is 4.56. The molecular weight excluding hydrogens is 464 g/mol. The molecule has 2 N–H and O–H groups in total. The predicted molar refractivity (Wildman–Crippen MR) is 135 cm³/mol. The first-order valence-electron chi connectivity index (χ1n) is 12.3. The van der Waals surface area contributed by atoms with E-state index >= 15 is 0 Å². The maximum Gasteiger partial charge on any atom is 0.341 e. The van der Waals surface area contributed by atoms with E-state index in [0.29, 0.717) is 33.3 Å². The Labute approximate surface area is 209 Å². The summed E-state index contributed by atoms with van der Waals surface area (Å²) in [5.41, 5.74) is 1.33. The average Bonchev–Trinajstić information content (AvgIpc) is 3.13. The fourth-order valence-electron chi connectivity index (χ4n) is 7.11. The van der Waals surface area contributed by atoms with E-state index < -0.39 is 5.97 Å². The lowest BCUT2D eigenvalue weighted by atomic mass is 9.49. The highest BCUT2D eigenvalue weighted by Crippen LogP contribution is 2.61. The molecule has 7 nitrogen and oxygen atoms in total. The highest BCUT2D eigenvalue weighted by Gasteiger charge is 2.51. The van der Waals surface area contributed by atoms with Crippen molar-refractivity contribution in [3.8, 4) is 5.75 Å². The molecule has 6 rings (SSSR count). The van der Waals surface area contributed by atoms with Crippen LogP contribution in [0.25, 0.3) is 0 Å². The zero-order chi connectivity index (χ0) is 24.7. The summed E-state index contributed by atoms with van der Waals surface area (Å²) in [4.78, 5) is 39.4. The Kier molecular flexibility index (Phi) is 6.34. The molecule has 4 aliphatic carbocycles. The van der Waals surface area contributed by atoms with Gasteiger partial charge in [-0.05, 0) is 86.3 Å². The zero-order valence-electron chi connectivity index (χ0n) is 20.4. The minimum absolute atomic E-state index is 0.0840. The highest BCUT2D eigenvalue weighted by molar-refractivity contribution is 7.19. The molecule has 0 radical (unpaired) electrons. The fraction of sp³-hybridized carbons (Fsp3) is 0.519. The number of methoxy groups -OCH3 is 2. The van der Waals surface area contributed by atoms with Crippen LogP contribution in [-0.2, 0) is 9.53 Å². The molecule has 2 amide bonds. The van der Waals surface area contributed by atoms with E-state index in [9.17, 15) is 14.4 Å². The van der Waals surface area contributed by atoms with Gasteiger partial charge in [-0.25, -0.2) is 4.79 Å². The molecule has 0 aliphatic heterocycles. The summed E-state index contributed by atoms with van der Waals surface area (Å²) in [7, 11) is 2.84. The molecule has 8 heteroatoms. The number of anilines is 2. The molecule has 0 saturated heterocycles. The summed E-state index contributed by atoms with van der Waals surface area (Å²) < 4.78 is 10.3. The van der Waals surface area contributed by atoms with Gasteiger partial charge in [-0.15, -0.1) is 11.3 Å². The summed E-state index contributed by atoms with van der Waals surface area (Å²) in [6, 6.07) is 7.12. The highest BCUT2D eigenvalue weighted by atomic mass is 32.1. The minimum atomic E-state index is -0.569. The second-order valence-corrected chi connectivity index (χ2v) is 11.6. The van der Waals surface area contributed by atoms with Gasteiger partial charge in [0.25, 0.3) is 5.91 Å². The molecular formula is C27H32N2O5S. The molecule has 4 saturated carbocycles. The topological polar surface area (TPSA) is 93.7 Å². The van der Waals surface area contributed by atoms with Gasteiger partial charge in [-0.2, -0.15) is 0 Å². The first-order chi connectivity index (χ1) is 16.8. The molecule has 35 heavy (non-hydrogen) atoms. The van der Waals surface area contributed by atoms with Crippen LogP contribution in [-0.4, -0.2) is 32.0 Å². The Morgan fingerprint density at radius 2 is 1.63 bits per heavy atom. The third-order valence-electron chi connectivity index (χ3n) is 8.05. The van der Waals surface area contributed by atoms with Crippen molar-refractivity contribution in [2.24, 2.45) is 23.2 Å². The molecule has 4 fully saturated rings. The number of benzene rings is 1. The van der Waals surface area contributed by atoms with Crippen molar-refractivity contribution in [3.05, 3.63) is 40.3 Å². The van der Waals surface area contributed by atoms with Crippen molar-refractivity contribution in [2.75, 3.05) is 24.9 Å². The van der Waals surface area contributed by atoms with E-state index in [1.165, 1.54) is 33.5 Å². The van der Waals surface area contributed by atoms with Crippen LogP contribution >= 0.6 is 11.3 Å². The van der Waals surface area contributed by atoms with Gasteiger partial charge in [0, 0.05) is 6.42 Å². The number of rotatable bonds is 7. The van der Waals surface area contributed by atoms with Gasteiger partial charge >= 0.3 is 5.97 Å². The number of para-hydroxylation sites is 2. The molecule has 1 heterocycles. The van der Waals surface area contributed by atoms with Crippen LogP contribution in [0.1, 0.15) is 70.5 Å². The first kappa shape index (κ1) is 23.9. The van der Waals surface area contributed by atoms with E-state index in [2.05, 4.69) is 10.6 Å². The summed E-state index contributed by atoms with van der Waals surface area (Å²) >= 11 is 1.11. The van der Waals surface area contributed by atoms with Crippen molar-refractivity contribution < 1.29 is 23.9 Å². The summed E-state index contributed by atoms with van der Waals surface area (Å²) in [6.07, 6.45) is 7.83. The van der Waals surface area contributed by atoms with E-state index in [1.807, 2.05) is 6.07 Å². The Bertz CT molecular complexity index is 1140. The number of thiophene rings is 1. The number of nitrogens with one attached hydrogen (secondary N) is 2. The van der Waals surface area contributed by atoms with E-state index in [1.54, 1.807) is 25.1 Å². The van der Waals surface area contributed by atoms with E-state index in [4.69, 9.17) is 9.47 Å². The lowest BCUT2D eigenvalue weighted by molar-refractivity contribution is -0.124. The van der Waals surface area contributed by atoms with Crippen LogP contribution in [0.5, 0.6) is 5.75 Å². The standard InChI is InChI=1S/C27H32N2O5S/c1-15-22(26(32)34-3)25(35-23(15)24(31)28-19-6-4-5-7-20(19)33-2)29-21(30)14-27-11-16-8-17(12-27)10-18(9-16)13-27/h4-7,16-18H,8-14H2,1-3H3,(H,28,31)(H,29,30). The van der Waals surface area contributed by atoms with Crippen LogP contribution in [0, 0.1) is 30.1 Å². The van der Waals surface area contributed by atoms with Crippen molar-refractivity contribution in [2.45, 2.75) is 51.9 Å². The molecule has 4 bridgehead atoms. The van der Waals surface area contributed by atoms with Crippen LogP contribution < -0.4 is 15.4 Å². The van der Waals surface area contributed by atoms with Crippen LogP contribution in [0.3, 0.4) is 0 Å². The molecule has 186 valence electrons. The Morgan fingerprint density at radius 3 is 2.23 bits per heavy atom. The maximum atomic E-state index is 13.3. The van der Waals surface area contributed by atoms with Gasteiger partial charge in [0.2, 0.25) is 5.91 Å². The van der Waals surface area contributed by atoms with Crippen molar-refractivity contribution in [1.29, 1.82) is 0 Å². The molecule has 0 atom stereocenters. The summed E-state index contributed by atoms with van der Waals surface area (Å²) in [6.45, 7) is 1.70. The monoisotopic (exact) mass is 496 g/mol. The lowest BCUT2D eigenvalue weighted by Crippen LogP contribution is -2.47. The molecule has 1 aromatic heterocycles. The second kappa shape index (κ2) is 9.30. The number of ether oxygens (including phenoxy) is 2. The molecule has 0 spiro atoms. The number of carbonyl (C=O) groups excluding carboxylic acids is 3. The van der Waals surface area contributed by atoms with E-state index in [-0.39, 0.29) is 22.8 Å². The fourth-order valence-corrected chi connectivity index (χ4v) is 8.22. The van der Waals surface area contributed by atoms with Crippen LogP contribution in [0.15, 0.2) is 24.3 Å². The third-order valence-corrected chi connectivity index (χ3v) is 9.26. The van der Waals surface area contributed by atoms with Gasteiger partial charge in [0.15, 0.2) is 0 Å². The molecule has 1 aromatic carbocycles. The predicted octanol–water partition coefficient (Wildman–Crippen LogP) is 5.65. The Balaban J connectivity index is 1.36. The number of hydrogen-bond donors (Lipinski definition) is 2. The van der Waals surface area contributed by atoms with Crippen LogP contribution in [0.4, 0.5) is 10.7 Å². The smallest absolute Gasteiger partial charge is 0.341 e. The Hall–Kier alpha value is -2.87. The van der Waals surface area contributed by atoms with Crippen molar-refractivity contribution >= 4 is 39.8 Å². The Morgan fingerprint density at radius 1 is 1.00 bits per heavy atom. The largest absolute Gasteiger partial charge is 0.495 e. The normalized spacial score (nSPS) is 26.3. The quantitative estimate of drug-likeness (QED) is 0.483. The first-order valence-corrected chi connectivity index (χ1v) is 13.1. The zero-order valence-corrected chi connectivity index (χ0v) is 21.3. The number of amides is 2. The SMILES string of the molecule is COC(=O)c1c(NC(=O)CC23CC4CC(CC(C4)C2)C3)sc(C(=O)Nc2ccccc2OC)c1C. The van der Waals surface area contributed by atoms with Crippen molar-refractivity contribution in [3.63, 3.8) is 0 Å². The van der Waals surface area contributed by atoms with Gasteiger partial charge in [0.1, 0.15) is 10.8 Å². The van der Waals surface area contributed by atoms with Gasteiger partial charge in [0.05, 0.1) is 30.3 Å². The van der Waals surface area contributed by atoms with Gasteiger partial charge < -0.3 is 20.1 Å². The minimum Gasteiger partial charge on any atom is -0.495 e. The molecule has 2 aromatic rings. The number of hydrogen-bond acceptors (Lipinski definition) is 6. The lowest BCUT2D eigenvalue weighted by Gasteiger charge is -2.56. The summed E-state index contributed by atoms with van der Waals surface area (Å²) in [5, 5.41) is 6.20. The summed E-state index contributed by atoms with van der Waals surface area (Å²) in [5.74, 6) is 1.78. The molecule has 0 unspecified atom stereocenters. The maximum absolute atomic E-state index is 13.3. The average molecular weight is 497 g/mol. The number of carbonyl (C=O) groups is 3. The van der Waals surface area contributed by atoms with Gasteiger partial charge in [-0.1, -0.05) is 12.1 Å².